The number of ether oxygens (including phenoxy) is 1. The molecule has 1 aromatic heterocycles. The maximum absolute atomic E-state index is 13.8. The molecule has 4 heteroatoms. The predicted octanol–water partition coefficient (Wildman–Crippen LogP) is 3.08. The third-order valence-corrected chi connectivity index (χ3v) is 2.99. The molecule has 1 N–H and O–H groups in total. The van der Waals surface area contributed by atoms with E-state index in [9.17, 15) is 4.39 Å². The molecule has 0 aliphatic rings. The fourth-order valence-corrected chi connectivity index (χ4v) is 1.80. The lowest BCUT2D eigenvalue weighted by atomic mass is 10.1. The van der Waals surface area contributed by atoms with Crippen molar-refractivity contribution >= 4 is 0 Å². The van der Waals surface area contributed by atoms with Crippen molar-refractivity contribution in [2.45, 2.75) is 19.5 Å². The zero-order chi connectivity index (χ0) is 13.7. The maximum Gasteiger partial charge on any atom is 0.131 e. The summed E-state index contributed by atoms with van der Waals surface area (Å²) in [4.78, 5) is 4.26. The molecule has 0 radical (unpaired) electrons. The fraction of sp³-hybridized carbons (Fsp3) is 0.267. The highest BCUT2D eigenvalue weighted by Crippen LogP contribution is 2.17. The van der Waals surface area contributed by atoms with Crippen molar-refractivity contribution in [1.82, 2.24) is 10.3 Å². The number of aromatic nitrogens is 1. The summed E-state index contributed by atoms with van der Waals surface area (Å²) in [6.45, 7) is 2.46. The van der Waals surface area contributed by atoms with Crippen LogP contribution in [-0.2, 0) is 6.54 Å². The summed E-state index contributed by atoms with van der Waals surface area (Å²) < 4.78 is 18.7. The number of nitrogens with one attached hydrogen (secondary N) is 1. The number of pyridine rings is 1. The van der Waals surface area contributed by atoms with Gasteiger partial charge < -0.3 is 10.1 Å². The van der Waals surface area contributed by atoms with Crippen LogP contribution in [-0.4, -0.2) is 12.1 Å². The molecule has 0 unspecified atom stereocenters. The van der Waals surface area contributed by atoms with E-state index in [1.807, 2.05) is 25.1 Å². The predicted molar refractivity (Wildman–Crippen MR) is 72.4 cm³/mol. The number of hydrogen-bond acceptors (Lipinski definition) is 3. The van der Waals surface area contributed by atoms with Crippen LogP contribution in [0, 0.1) is 5.82 Å². The van der Waals surface area contributed by atoms with E-state index in [2.05, 4.69) is 10.3 Å². The smallest absolute Gasteiger partial charge is 0.131 e. The van der Waals surface area contributed by atoms with E-state index in [-0.39, 0.29) is 11.9 Å². The molecule has 0 saturated carbocycles. The first-order chi connectivity index (χ1) is 9.20. The Balaban J connectivity index is 1.99. The average Bonchev–Trinajstić information content (AvgIpc) is 2.46. The molecule has 2 rings (SSSR count). The summed E-state index contributed by atoms with van der Waals surface area (Å²) >= 11 is 0. The zero-order valence-corrected chi connectivity index (χ0v) is 11.1. The van der Waals surface area contributed by atoms with Gasteiger partial charge in [0.25, 0.3) is 0 Å². The van der Waals surface area contributed by atoms with E-state index in [1.165, 1.54) is 13.2 Å². The van der Waals surface area contributed by atoms with Gasteiger partial charge in [0.1, 0.15) is 11.6 Å². The molecule has 0 aliphatic carbocycles. The summed E-state index contributed by atoms with van der Waals surface area (Å²) in [6, 6.07) is 10.7. The molecule has 0 bridgehead atoms. The molecule has 0 spiro atoms. The lowest BCUT2D eigenvalue weighted by Gasteiger charge is -2.13. The van der Waals surface area contributed by atoms with Crippen LogP contribution < -0.4 is 10.1 Å². The molecule has 0 fully saturated rings. The van der Waals surface area contributed by atoms with Gasteiger partial charge in [0.15, 0.2) is 0 Å². The van der Waals surface area contributed by atoms with Gasteiger partial charge in [0.2, 0.25) is 0 Å². The van der Waals surface area contributed by atoms with Gasteiger partial charge in [-0.3, -0.25) is 4.98 Å². The summed E-state index contributed by atoms with van der Waals surface area (Å²) in [5.74, 6) is 0.263. The van der Waals surface area contributed by atoms with Crippen LogP contribution in [0.15, 0.2) is 42.6 Å². The van der Waals surface area contributed by atoms with Crippen molar-refractivity contribution in [2.75, 3.05) is 7.11 Å². The Kier molecular flexibility index (Phi) is 4.47. The molecular weight excluding hydrogens is 243 g/mol. The monoisotopic (exact) mass is 260 g/mol. The minimum Gasteiger partial charge on any atom is -0.497 e. The topological polar surface area (TPSA) is 34.1 Å². The third-order valence-electron chi connectivity index (χ3n) is 2.99. The minimum absolute atomic E-state index is 0.0719. The number of hydrogen-bond donors (Lipinski definition) is 1. The molecule has 1 aromatic carbocycles. The lowest BCUT2D eigenvalue weighted by Crippen LogP contribution is -2.19. The molecule has 100 valence electrons. The Labute approximate surface area is 112 Å². The van der Waals surface area contributed by atoms with Gasteiger partial charge in [-0.05, 0) is 25.1 Å². The average molecular weight is 260 g/mol. The van der Waals surface area contributed by atoms with Crippen molar-refractivity contribution in [1.29, 1.82) is 0 Å². The Morgan fingerprint density at radius 2 is 2.16 bits per heavy atom. The standard InChI is InChI=1S/C15H17FN2O/c1-11(15-5-3-4-8-17-15)18-10-12-6-7-13(19-2)9-14(12)16/h3-9,11,18H,10H2,1-2H3/t11-/m0/s1. The zero-order valence-electron chi connectivity index (χ0n) is 11.1. The van der Waals surface area contributed by atoms with Crippen LogP contribution >= 0.6 is 0 Å². The lowest BCUT2D eigenvalue weighted by molar-refractivity contribution is 0.410. The number of methoxy groups -OCH3 is 1. The number of benzene rings is 1. The van der Waals surface area contributed by atoms with Gasteiger partial charge >= 0.3 is 0 Å². The Morgan fingerprint density at radius 1 is 1.32 bits per heavy atom. The highest BCUT2D eigenvalue weighted by atomic mass is 19.1. The molecule has 1 heterocycles. The largest absolute Gasteiger partial charge is 0.497 e. The van der Waals surface area contributed by atoms with Crippen molar-refractivity contribution in [2.24, 2.45) is 0 Å². The van der Waals surface area contributed by atoms with Gasteiger partial charge in [-0.25, -0.2) is 4.39 Å². The third kappa shape index (κ3) is 3.51. The van der Waals surface area contributed by atoms with Gasteiger partial charge in [0, 0.05) is 30.4 Å². The number of rotatable bonds is 5. The number of nitrogens with zero attached hydrogens (tertiary/aromatic N) is 1. The summed E-state index contributed by atoms with van der Waals surface area (Å²) in [6.07, 6.45) is 1.75. The van der Waals surface area contributed by atoms with Crippen LogP contribution in [0.4, 0.5) is 4.39 Å². The molecule has 1 atom stereocenters. The molecule has 0 saturated heterocycles. The maximum atomic E-state index is 13.8. The Morgan fingerprint density at radius 3 is 2.79 bits per heavy atom. The van der Waals surface area contributed by atoms with E-state index < -0.39 is 0 Å². The van der Waals surface area contributed by atoms with Crippen LogP contribution in [0.2, 0.25) is 0 Å². The second-order valence-corrected chi connectivity index (χ2v) is 4.31. The van der Waals surface area contributed by atoms with E-state index in [1.54, 1.807) is 18.3 Å². The van der Waals surface area contributed by atoms with E-state index in [4.69, 9.17) is 4.74 Å². The van der Waals surface area contributed by atoms with Crippen LogP contribution in [0.3, 0.4) is 0 Å². The SMILES string of the molecule is COc1ccc(CN[C@@H](C)c2ccccn2)c(F)c1. The first-order valence-corrected chi connectivity index (χ1v) is 6.17. The fourth-order valence-electron chi connectivity index (χ4n) is 1.80. The molecular formula is C15H17FN2O. The second kappa shape index (κ2) is 6.29. The molecule has 19 heavy (non-hydrogen) atoms. The molecule has 2 aromatic rings. The van der Waals surface area contributed by atoms with E-state index in [0.29, 0.717) is 17.9 Å². The Hall–Kier alpha value is -1.94. The van der Waals surface area contributed by atoms with Crippen LogP contribution in [0.25, 0.3) is 0 Å². The summed E-state index contributed by atoms with van der Waals surface area (Å²) in [5.41, 5.74) is 1.56. The second-order valence-electron chi connectivity index (χ2n) is 4.31. The first kappa shape index (κ1) is 13.5. The van der Waals surface area contributed by atoms with Crippen LogP contribution in [0.5, 0.6) is 5.75 Å². The highest BCUT2D eigenvalue weighted by molar-refractivity contribution is 5.28. The summed E-state index contributed by atoms with van der Waals surface area (Å²) in [5, 5.41) is 3.25. The van der Waals surface area contributed by atoms with Crippen LogP contribution in [0.1, 0.15) is 24.2 Å². The van der Waals surface area contributed by atoms with Crippen molar-refractivity contribution < 1.29 is 9.13 Å². The normalized spacial score (nSPS) is 12.2. The molecule has 0 aliphatic heterocycles. The van der Waals surface area contributed by atoms with Crippen molar-refractivity contribution in [3.63, 3.8) is 0 Å². The van der Waals surface area contributed by atoms with E-state index in [0.717, 1.165) is 5.69 Å². The van der Waals surface area contributed by atoms with E-state index >= 15 is 0 Å². The Bertz CT molecular complexity index is 531. The van der Waals surface area contributed by atoms with Gasteiger partial charge in [0.05, 0.1) is 12.8 Å². The first-order valence-electron chi connectivity index (χ1n) is 6.17. The quantitative estimate of drug-likeness (QED) is 0.897. The van der Waals surface area contributed by atoms with Crippen molar-refractivity contribution in [3.8, 4) is 5.75 Å². The van der Waals surface area contributed by atoms with Gasteiger partial charge in [-0.1, -0.05) is 12.1 Å². The number of halogens is 1. The van der Waals surface area contributed by atoms with Gasteiger partial charge in [-0.15, -0.1) is 0 Å². The summed E-state index contributed by atoms with van der Waals surface area (Å²) in [7, 11) is 1.52. The van der Waals surface area contributed by atoms with Gasteiger partial charge in [-0.2, -0.15) is 0 Å². The highest BCUT2D eigenvalue weighted by Gasteiger charge is 2.08. The molecule has 3 nitrogen and oxygen atoms in total. The van der Waals surface area contributed by atoms with Crippen molar-refractivity contribution in [3.05, 3.63) is 59.7 Å². The minimum atomic E-state index is -0.264. The molecule has 0 amide bonds.